The van der Waals surface area contributed by atoms with Crippen molar-refractivity contribution in [2.24, 2.45) is 17.6 Å². The molecule has 0 aromatic heterocycles. The fourth-order valence-electron chi connectivity index (χ4n) is 2.40. The van der Waals surface area contributed by atoms with E-state index in [1.807, 2.05) is 18.2 Å². The van der Waals surface area contributed by atoms with Crippen molar-refractivity contribution in [3.05, 3.63) is 35.9 Å². The molecule has 0 aliphatic carbocycles. The van der Waals surface area contributed by atoms with E-state index in [0.717, 1.165) is 6.42 Å². The molecule has 0 radical (unpaired) electrons. The summed E-state index contributed by atoms with van der Waals surface area (Å²) in [5.74, 6) is 1.19. The minimum absolute atomic E-state index is 0. The topological polar surface area (TPSA) is 55.1 Å². The lowest BCUT2D eigenvalue weighted by Gasteiger charge is -2.23. The van der Waals surface area contributed by atoms with Crippen molar-refractivity contribution in [2.75, 3.05) is 6.54 Å². The maximum atomic E-state index is 12.0. The summed E-state index contributed by atoms with van der Waals surface area (Å²) in [5.41, 5.74) is 7.17. The summed E-state index contributed by atoms with van der Waals surface area (Å²) in [6, 6.07) is 9.92. The van der Waals surface area contributed by atoms with E-state index in [2.05, 4.69) is 45.1 Å². The fraction of sp³-hybridized carbons (Fsp3) is 0.588. The molecular weight excluding hydrogens is 284 g/mol. The van der Waals surface area contributed by atoms with Gasteiger partial charge in [-0.25, -0.2) is 0 Å². The molecule has 0 bridgehead atoms. The van der Waals surface area contributed by atoms with E-state index in [-0.39, 0.29) is 18.3 Å². The van der Waals surface area contributed by atoms with Crippen LogP contribution in [0.5, 0.6) is 0 Å². The number of carbonyl (C=O) groups is 1. The van der Waals surface area contributed by atoms with Crippen LogP contribution in [0.1, 0.15) is 45.6 Å². The van der Waals surface area contributed by atoms with Gasteiger partial charge in [-0.3, -0.25) is 4.79 Å². The van der Waals surface area contributed by atoms with Crippen LogP contribution < -0.4 is 11.1 Å². The second-order valence-electron chi connectivity index (χ2n) is 6.24. The Bertz CT molecular complexity index is 407. The number of nitrogens with two attached hydrogens (primary N) is 1. The van der Waals surface area contributed by atoms with Gasteiger partial charge in [-0.1, -0.05) is 58.0 Å². The first-order chi connectivity index (χ1) is 9.41. The van der Waals surface area contributed by atoms with Crippen molar-refractivity contribution in [3.63, 3.8) is 0 Å². The van der Waals surface area contributed by atoms with Crippen LogP contribution in [0.25, 0.3) is 0 Å². The van der Waals surface area contributed by atoms with Crippen LogP contribution in [0, 0.1) is 11.8 Å². The number of nitrogens with one attached hydrogen (secondary N) is 1. The van der Waals surface area contributed by atoms with Crippen LogP contribution in [0.4, 0.5) is 0 Å². The molecule has 0 saturated carbocycles. The van der Waals surface area contributed by atoms with E-state index in [4.69, 9.17) is 5.73 Å². The van der Waals surface area contributed by atoms with Gasteiger partial charge in [-0.15, -0.1) is 12.4 Å². The van der Waals surface area contributed by atoms with E-state index in [0.29, 0.717) is 24.3 Å². The van der Waals surface area contributed by atoms with Gasteiger partial charge >= 0.3 is 0 Å². The highest BCUT2D eigenvalue weighted by Gasteiger charge is 2.19. The Labute approximate surface area is 135 Å². The zero-order valence-corrected chi connectivity index (χ0v) is 14.3. The lowest BCUT2D eigenvalue weighted by molar-refractivity contribution is -0.122. The highest BCUT2D eigenvalue weighted by molar-refractivity contribution is 5.85. The van der Waals surface area contributed by atoms with Crippen LogP contribution >= 0.6 is 12.4 Å². The maximum Gasteiger partial charge on any atom is 0.236 e. The molecule has 0 saturated heterocycles. The molecule has 0 aliphatic rings. The summed E-state index contributed by atoms with van der Waals surface area (Å²) in [6.45, 7) is 9.16. The summed E-state index contributed by atoms with van der Waals surface area (Å²) in [6.07, 6.45) is 0.726. The third kappa shape index (κ3) is 6.96. The summed E-state index contributed by atoms with van der Waals surface area (Å²) < 4.78 is 0. The quantitative estimate of drug-likeness (QED) is 0.811. The summed E-state index contributed by atoms with van der Waals surface area (Å²) in [4.78, 5) is 12.0. The van der Waals surface area contributed by atoms with Crippen LogP contribution in [0.15, 0.2) is 30.3 Å². The van der Waals surface area contributed by atoms with Crippen LogP contribution in [0.3, 0.4) is 0 Å². The van der Waals surface area contributed by atoms with E-state index < -0.39 is 6.04 Å². The van der Waals surface area contributed by atoms with E-state index >= 15 is 0 Å². The largest absolute Gasteiger partial charge is 0.354 e. The van der Waals surface area contributed by atoms with Gasteiger partial charge in [0.2, 0.25) is 5.91 Å². The number of hydrogen-bond donors (Lipinski definition) is 2. The van der Waals surface area contributed by atoms with Crippen LogP contribution in [0.2, 0.25) is 0 Å². The van der Waals surface area contributed by atoms with Gasteiger partial charge in [-0.2, -0.15) is 0 Å². The molecule has 0 heterocycles. The number of benzene rings is 1. The van der Waals surface area contributed by atoms with Crippen LogP contribution in [-0.4, -0.2) is 18.5 Å². The van der Waals surface area contributed by atoms with Gasteiger partial charge < -0.3 is 11.1 Å². The molecule has 4 heteroatoms. The van der Waals surface area contributed by atoms with E-state index in [1.54, 1.807) is 0 Å². The molecule has 3 N–H and O–H groups in total. The monoisotopic (exact) mass is 312 g/mol. The van der Waals surface area contributed by atoms with Gasteiger partial charge in [0.25, 0.3) is 0 Å². The van der Waals surface area contributed by atoms with Crippen LogP contribution in [-0.2, 0) is 4.79 Å². The molecule has 1 aromatic carbocycles. The van der Waals surface area contributed by atoms with Gasteiger partial charge in [0.05, 0.1) is 6.04 Å². The third-order valence-corrected chi connectivity index (χ3v) is 3.59. The van der Waals surface area contributed by atoms with Crippen molar-refractivity contribution in [1.29, 1.82) is 0 Å². The highest BCUT2D eigenvalue weighted by Crippen LogP contribution is 2.23. The number of amides is 1. The lowest BCUT2D eigenvalue weighted by atomic mass is 9.88. The smallest absolute Gasteiger partial charge is 0.236 e. The minimum Gasteiger partial charge on any atom is -0.354 e. The van der Waals surface area contributed by atoms with Gasteiger partial charge in [0, 0.05) is 12.5 Å². The second-order valence-corrected chi connectivity index (χ2v) is 6.24. The number of rotatable bonds is 7. The predicted molar refractivity (Wildman–Crippen MR) is 91.7 cm³/mol. The van der Waals surface area contributed by atoms with Crippen molar-refractivity contribution in [1.82, 2.24) is 5.32 Å². The predicted octanol–water partition coefficient (Wildman–Crippen LogP) is 3.34. The molecule has 1 unspecified atom stereocenters. The van der Waals surface area contributed by atoms with Crippen molar-refractivity contribution in [3.8, 4) is 0 Å². The normalized spacial score (nSPS) is 13.7. The molecule has 21 heavy (non-hydrogen) atoms. The Kier molecular flexibility index (Phi) is 9.31. The summed E-state index contributed by atoms with van der Waals surface area (Å²) >= 11 is 0. The maximum absolute atomic E-state index is 12.0. The second kappa shape index (κ2) is 9.80. The van der Waals surface area contributed by atoms with Gasteiger partial charge in [0.1, 0.15) is 0 Å². The highest BCUT2D eigenvalue weighted by atomic mass is 35.5. The average molecular weight is 313 g/mol. The molecule has 3 nitrogen and oxygen atoms in total. The van der Waals surface area contributed by atoms with Gasteiger partial charge in [0.15, 0.2) is 0 Å². The Morgan fingerprint density at radius 2 is 1.71 bits per heavy atom. The zero-order valence-electron chi connectivity index (χ0n) is 13.5. The number of hydrogen-bond acceptors (Lipinski definition) is 2. The molecule has 2 atom stereocenters. The molecule has 120 valence electrons. The standard InChI is InChI=1S/C17H28N2O.ClH/c1-12(2)10-16(18)17(20)19-11-15(13(3)4)14-8-6-5-7-9-14;/h5-9,12-13,15-16H,10-11,18H2,1-4H3,(H,19,20);1H/t15?,16-;/m0./s1. The average Bonchev–Trinajstić information content (AvgIpc) is 2.38. The molecule has 0 spiro atoms. The lowest BCUT2D eigenvalue weighted by Crippen LogP contribution is -2.43. The minimum atomic E-state index is -0.404. The Hall–Kier alpha value is -1.06. The van der Waals surface area contributed by atoms with Gasteiger partial charge in [-0.05, 0) is 23.8 Å². The Balaban J connectivity index is 0.00000400. The van der Waals surface area contributed by atoms with E-state index in [1.165, 1.54) is 5.56 Å². The first-order valence-electron chi connectivity index (χ1n) is 7.50. The first-order valence-corrected chi connectivity index (χ1v) is 7.50. The fourth-order valence-corrected chi connectivity index (χ4v) is 2.40. The molecule has 0 aliphatic heterocycles. The van der Waals surface area contributed by atoms with Crippen molar-refractivity contribution in [2.45, 2.75) is 46.1 Å². The summed E-state index contributed by atoms with van der Waals surface area (Å²) in [7, 11) is 0. The molecular formula is C17H29ClN2O. The van der Waals surface area contributed by atoms with Crippen molar-refractivity contribution >= 4 is 18.3 Å². The Morgan fingerprint density at radius 1 is 1.14 bits per heavy atom. The summed E-state index contributed by atoms with van der Waals surface area (Å²) in [5, 5.41) is 3.00. The molecule has 1 aromatic rings. The number of halogens is 1. The SMILES string of the molecule is CC(C)C[C@H](N)C(=O)NCC(c1ccccc1)C(C)C.Cl. The Morgan fingerprint density at radius 3 is 2.19 bits per heavy atom. The zero-order chi connectivity index (χ0) is 15.1. The molecule has 0 fully saturated rings. The third-order valence-electron chi connectivity index (χ3n) is 3.59. The molecule has 1 rings (SSSR count). The first kappa shape index (κ1) is 19.9. The number of carbonyl (C=O) groups excluding carboxylic acids is 1. The van der Waals surface area contributed by atoms with Crippen molar-refractivity contribution < 1.29 is 4.79 Å². The molecule has 1 amide bonds. The van der Waals surface area contributed by atoms with E-state index in [9.17, 15) is 4.79 Å².